The molecule has 60 valence electrons. The van der Waals surface area contributed by atoms with Gasteiger partial charge in [0, 0.05) is 12.8 Å². The second-order valence-corrected chi connectivity index (χ2v) is 3.44. The molecule has 10 heavy (non-hydrogen) atoms. The van der Waals surface area contributed by atoms with Crippen LogP contribution < -0.4 is 5.73 Å². The van der Waals surface area contributed by atoms with Crippen molar-refractivity contribution < 1.29 is 4.79 Å². The molecule has 0 aromatic heterocycles. The van der Waals surface area contributed by atoms with Crippen LogP contribution in [0.15, 0.2) is 0 Å². The summed E-state index contributed by atoms with van der Waals surface area (Å²) >= 11 is 0. The Bertz CT molecular complexity index is 118. The lowest BCUT2D eigenvalue weighted by atomic mass is 9.87. The Balaban J connectivity index is 3.76. The van der Waals surface area contributed by atoms with Crippen LogP contribution in [0.3, 0.4) is 0 Å². The van der Waals surface area contributed by atoms with Crippen molar-refractivity contribution in [2.24, 2.45) is 11.1 Å². The molecule has 0 saturated heterocycles. The molecule has 0 aliphatic rings. The normalized spacial score (nSPS) is 11.6. The molecule has 2 N–H and O–H groups in total. The topological polar surface area (TPSA) is 43.1 Å². The molecule has 0 rings (SSSR count). The molecule has 0 atom stereocenters. The Morgan fingerprint density at radius 1 is 1.50 bits per heavy atom. The summed E-state index contributed by atoms with van der Waals surface area (Å²) in [7, 11) is 0. The van der Waals surface area contributed by atoms with Gasteiger partial charge in [-0.25, -0.2) is 0 Å². The van der Waals surface area contributed by atoms with Crippen molar-refractivity contribution in [3.63, 3.8) is 0 Å². The van der Waals surface area contributed by atoms with Crippen molar-refractivity contribution in [2.45, 2.75) is 33.6 Å². The molecule has 0 saturated carbocycles. The maximum Gasteiger partial charge on any atom is 0.133 e. The quantitative estimate of drug-likeness (QED) is 0.645. The van der Waals surface area contributed by atoms with Gasteiger partial charge in [0.2, 0.25) is 0 Å². The summed E-state index contributed by atoms with van der Waals surface area (Å²) in [6.45, 7) is 6.49. The maximum atomic E-state index is 10.9. The maximum absolute atomic E-state index is 10.9. The molecule has 0 bridgehead atoms. The minimum absolute atomic E-state index is 0.00685. The Hall–Kier alpha value is -0.370. The number of rotatable bonds is 4. The molecule has 0 unspecified atom stereocenters. The SMILES string of the molecule is CCC(=O)CC(C)(C)CN. The molecule has 0 heterocycles. The largest absolute Gasteiger partial charge is 0.330 e. The molecule has 0 fully saturated rings. The summed E-state index contributed by atoms with van der Waals surface area (Å²) in [5.74, 6) is 0.301. The van der Waals surface area contributed by atoms with Crippen LogP contribution >= 0.6 is 0 Å². The van der Waals surface area contributed by atoms with Gasteiger partial charge in [0.1, 0.15) is 5.78 Å². The lowest BCUT2D eigenvalue weighted by Gasteiger charge is -2.20. The number of hydrogen-bond donors (Lipinski definition) is 1. The van der Waals surface area contributed by atoms with E-state index >= 15 is 0 Å². The molecular weight excluding hydrogens is 126 g/mol. The molecule has 2 nitrogen and oxygen atoms in total. The summed E-state index contributed by atoms with van der Waals surface area (Å²) < 4.78 is 0. The molecule has 0 amide bonds. The number of Topliss-reactive ketones (excluding diaryl/α,β-unsaturated/α-hetero) is 1. The first-order valence-corrected chi connectivity index (χ1v) is 3.73. The van der Waals surface area contributed by atoms with E-state index in [4.69, 9.17) is 5.73 Å². The fourth-order valence-electron chi connectivity index (χ4n) is 0.731. The van der Waals surface area contributed by atoms with Crippen LogP contribution in [0.5, 0.6) is 0 Å². The summed E-state index contributed by atoms with van der Waals surface area (Å²) in [5, 5.41) is 0. The van der Waals surface area contributed by atoms with E-state index in [1.807, 2.05) is 20.8 Å². The monoisotopic (exact) mass is 143 g/mol. The van der Waals surface area contributed by atoms with E-state index in [9.17, 15) is 4.79 Å². The first kappa shape index (κ1) is 9.63. The predicted octanol–water partition coefficient (Wildman–Crippen LogP) is 1.34. The van der Waals surface area contributed by atoms with Crippen LogP contribution in [0, 0.1) is 5.41 Å². The number of carbonyl (C=O) groups is 1. The van der Waals surface area contributed by atoms with Crippen molar-refractivity contribution in [1.82, 2.24) is 0 Å². The smallest absolute Gasteiger partial charge is 0.133 e. The minimum atomic E-state index is -0.00685. The van der Waals surface area contributed by atoms with Crippen LogP contribution in [-0.4, -0.2) is 12.3 Å². The zero-order chi connectivity index (χ0) is 8.20. The molecule has 0 aromatic carbocycles. The molecular formula is C8H17NO. The van der Waals surface area contributed by atoms with Gasteiger partial charge in [0.05, 0.1) is 0 Å². The van der Waals surface area contributed by atoms with E-state index in [1.54, 1.807) is 0 Å². The van der Waals surface area contributed by atoms with Crippen LogP contribution in [0.2, 0.25) is 0 Å². The van der Waals surface area contributed by atoms with Crippen molar-refractivity contribution in [3.05, 3.63) is 0 Å². The fourth-order valence-corrected chi connectivity index (χ4v) is 0.731. The Kier molecular flexibility index (Phi) is 3.58. The van der Waals surface area contributed by atoms with Gasteiger partial charge in [-0.3, -0.25) is 4.79 Å². The number of nitrogens with two attached hydrogens (primary N) is 1. The van der Waals surface area contributed by atoms with Crippen molar-refractivity contribution >= 4 is 5.78 Å². The standard InChI is InChI=1S/C8H17NO/c1-4-7(10)5-8(2,3)6-9/h4-6,9H2,1-3H3. The summed E-state index contributed by atoms with van der Waals surface area (Å²) in [5.41, 5.74) is 5.45. The third-order valence-corrected chi connectivity index (χ3v) is 1.62. The second-order valence-electron chi connectivity index (χ2n) is 3.44. The van der Waals surface area contributed by atoms with E-state index in [0.717, 1.165) is 0 Å². The van der Waals surface area contributed by atoms with Gasteiger partial charge >= 0.3 is 0 Å². The number of carbonyl (C=O) groups excluding carboxylic acids is 1. The Morgan fingerprint density at radius 3 is 2.30 bits per heavy atom. The summed E-state index contributed by atoms with van der Waals surface area (Å²) in [6.07, 6.45) is 1.24. The second kappa shape index (κ2) is 3.71. The fraction of sp³-hybridized carbons (Fsp3) is 0.875. The summed E-state index contributed by atoms with van der Waals surface area (Å²) in [4.78, 5) is 10.9. The van der Waals surface area contributed by atoms with E-state index in [1.165, 1.54) is 0 Å². The van der Waals surface area contributed by atoms with Crippen molar-refractivity contribution in [1.29, 1.82) is 0 Å². The number of hydrogen-bond acceptors (Lipinski definition) is 2. The zero-order valence-corrected chi connectivity index (χ0v) is 7.11. The van der Waals surface area contributed by atoms with Gasteiger partial charge in [-0.15, -0.1) is 0 Å². The average Bonchev–Trinajstić information content (AvgIpc) is 1.87. The average molecular weight is 143 g/mol. The third kappa shape index (κ3) is 3.62. The van der Waals surface area contributed by atoms with Gasteiger partial charge in [-0.2, -0.15) is 0 Å². The van der Waals surface area contributed by atoms with Crippen LogP contribution in [0.1, 0.15) is 33.6 Å². The highest BCUT2D eigenvalue weighted by Gasteiger charge is 2.18. The Morgan fingerprint density at radius 2 is 2.00 bits per heavy atom. The first-order chi connectivity index (χ1) is 4.52. The van der Waals surface area contributed by atoms with Crippen molar-refractivity contribution in [3.8, 4) is 0 Å². The van der Waals surface area contributed by atoms with Crippen LogP contribution in [0.25, 0.3) is 0 Å². The zero-order valence-electron chi connectivity index (χ0n) is 7.11. The molecule has 0 aromatic rings. The van der Waals surface area contributed by atoms with Crippen molar-refractivity contribution in [2.75, 3.05) is 6.54 Å². The first-order valence-electron chi connectivity index (χ1n) is 3.73. The minimum Gasteiger partial charge on any atom is -0.330 e. The van der Waals surface area contributed by atoms with Crippen LogP contribution in [0.4, 0.5) is 0 Å². The Labute approximate surface area is 62.8 Å². The summed E-state index contributed by atoms with van der Waals surface area (Å²) in [6, 6.07) is 0. The molecule has 0 spiro atoms. The van der Waals surface area contributed by atoms with Gasteiger partial charge < -0.3 is 5.73 Å². The molecule has 0 aliphatic heterocycles. The third-order valence-electron chi connectivity index (χ3n) is 1.62. The lowest BCUT2D eigenvalue weighted by molar-refractivity contribution is -0.120. The lowest BCUT2D eigenvalue weighted by Crippen LogP contribution is -2.26. The molecule has 0 aliphatic carbocycles. The highest BCUT2D eigenvalue weighted by atomic mass is 16.1. The van der Waals surface area contributed by atoms with E-state index in [0.29, 0.717) is 25.2 Å². The van der Waals surface area contributed by atoms with E-state index in [2.05, 4.69) is 0 Å². The highest BCUT2D eigenvalue weighted by Crippen LogP contribution is 2.18. The van der Waals surface area contributed by atoms with E-state index in [-0.39, 0.29) is 5.41 Å². The van der Waals surface area contributed by atoms with E-state index < -0.39 is 0 Å². The highest BCUT2D eigenvalue weighted by molar-refractivity contribution is 5.78. The van der Waals surface area contributed by atoms with Gasteiger partial charge in [0.25, 0.3) is 0 Å². The van der Waals surface area contributed by atoms with Gasteiger partial charge in [0.15, 0.2) is 0 Å². The number of ketones is 1. The molecule has 0 radical (unpaired) electrons. The van der Waals surface area contributed by atoms with Gasteiger partial charge in [-0.1, -0.05) is 20.8 Å². The predicted molar refractivity (Wildman–Crippen MR) is 42.8 cm³/mol. The van der Waals surface area contributed by atoms with Gasteiger partial charge in [-0.05, 0) is 12.0 Å². The molecule has 2 heteroatoms. The van der Waals surface area contributed by atoms with Crippen LogP contribution in [-0.2, 0) is 4.79 Å².